The normalized spacial score (nSPS) is 15.8. The molecule has 0 bridgehead atoms. The van der Waals surface area contributed by atoms with Crippen LogP contribution in [0.1, 0.15) is 29.7 Å². The molecule has 1 saturated heterocycles. The average Bonchev–Trinajstić information content (AvgIpc) is 3.22. The van der Waals surface area contributed by atoms with E-state index >= 15 is 0 Å². The molecule has 1 aliphatic heterocycles. The Labute approximate surface area is 178 Å². The van der Waals surface area contributed by atoms with Crippen molar-refractivity contribution in [3.8, 4) is 0 Å². The molecular weight excluding hydrogens is 374 g/mol. The highest BCUT2D eigenvalue weighted by atomic mass is 16.3. The number of piperidine rings is 1. The Bertz CT molecular complexity index is 945. The lowest BCUT2D eigenvalue weighted by Crippen LogP contribution is -2.46. The summed E-state index contributed by atoms with van der Waals surface area (Å²) in [6, 6.07) is 20.5. The smallest absolute Gasteiger partial charge is 0.228 e. The molecule has 0 atom stereocenters. The molecule has 30 heavy (non-hydrogen) atoms. The van der Waals surface area contributed by atoms with Gasteiger partial charge in [0.2, 0.25) is 5.91 Å². The van der Waals surface area contributed by atoms with Crippen LogP contribution in [0.25, 0.3) is 0 Å². The molecule has 1 fully saturated rings. The molecule has 3 aromatic rings. The van der Waals surface area contributed by atoms with Crippen molar-refractivity contribution in [2.75, 3.05) is 19.7 Å². The minimum absolute atomic E-state index is 0.132. The van der Waals surface area contributed by atoms with Crippen LogP contribution in [0.4, 0.5) is 0 Å². The zero-order chi connectivity index (χ0) is 20.8. The lowest BCUT2D eigenvalue weighted by Gasteiger charge is -2.41. The Hall–Kier alpha value is -2.92. The molecule has 5 heteroatoms. The van der Waals surface area contributed by atoms with E-state index in [4.69, 9.17) is 0 Å². The van der Waals surface area contributed by atoms with Gasteiger partial charge in [-0.3, -0.25) is 4.79 Å². The summed E-state index contributed by atoms with van der Waals surface area (Å²) in [5.41, 5.74) is 3.24. The van der Waals surface area contributed by atoms with Gasteiger partial charge < -0.3 is 14.6 Å². The van der Waals surface area contributed by atoms with Crippen LogP contribution < -0.4 is 0 Å². The van der Waals surface area contributed by atoms with Crippen LogP contribution in [0, 0.1) is 5.41 Å². The molecule has 2 heterocycles. The number of imidazole rings is 1. The molecule has 0 radical (unpaired) electrons. The van der Waals surface area contributed by atoms with Crippen molar-refractivity contribution in [1.82, 2.24) is 14.5 Å². The second-order valence-electron chi connectivity index (χ2n) is 8.38. The third-order valence-electron chi connectivity index (χ3n) is 6.26. The summed E-state index contributed by atoms with van der Waals surface area (Å²) in [5, 5.41) is 10.1. The maximum atomic E-state index is 13.0. The third kappa shape index (κ3) is 4.79. The Kier molecular flexibility index (Phi) is 6.29. The molecule has 0 aliphatic carbocycles. The predicted molar refractivity (Wildman–Crippen MR) is 117 cm³/mol. The summed E-state index contributed by atoms with van der Waals surface area (Å²) < 4.78 is 2.05. The molecule has 1 aromatic heterocycles. The van der Waals surface area contributed by atoms with Crippen molar-refractivity contribution in [2.24, 2.45) is 5.41 Å². The monoisotopic (exact) mass is 403 g/mol. The molecule has 1 N–H and O–H groups in total. The zero-order valence-corrected chi connectivity index (χ0v) is 17.3. The number of carbonyl (C=O) groups is 1. The summed E-state index contributed by atoms with van der Waals surface area (Å²) >= 11 is 0. The quantitative estimate of drug-likeness (QED) is 0.658. The number of nitrogens with zero attached hydrogens (tertiary/aromatic N) is 3. The van der Waals surface area contributed by atoms with Gasteiger partial charge in [-0.1, -0.05) is 60.7 Å². The van der Waals surface area contributed by atoms with E-state index in [2.05, 4.69) is 29.2 Å². The van der Waals surface area contributed by atoms with Gasteiger partial charge in [-0.05, 0) is 30.4 Å². The second-order valence-corrected chi connectivity index (χ2v) is 8.38. The van der Waals surface area contributed by atoms with E-state index in [9.17, 15) is 9.90 Å². The molecule has 1 aliphatic rings. The summed E-state index contributed by atoms with van der Waals surface area (Å²) in [5.74, 6) is 0.135. The van der Waals surface area contributed by atoms with Crippen molar-refractivity contribution in [3.63, 3.8) is 0 Å². The van der Waals surface area contributed by atoms with Gasteiger partial charge in [0.15, 0.2) is 0 Å². The molecule has 1 amide bonds. The Morgan fingerprint density at radius 3 is 2.23 bits per heavy atom. The number of rotatable bonds is 7. The molecular formula is C25H29N3O2. The van der Waals surface area contributed by atoms with Crippen molar-refractivity contribution in [3.05, 3.63) is 90.0 Å². The summed E-state index contributed by atoms with van der Waals surface area (Å²) in [7, 11) is 0. The van der Waals surface area contributed by atoms with Crippen LogP contribution in [0.2, 0.25) is 0 Å². The molecule has 4 rings (SSSR count). The van der Waals surface area contributed by atoms with Crippen molar-refractivity contribution >= 4 is 5.91 Å². The van der Waals surface area contributed by atoms with E-state index in [0.29, 0.717) is 26.1 Å². The van der Waals surface area contributed by atoms with Crippen LogP contribution in [0.15, 0.2) is 73.2 Å². The number of carbonyl (C=O) groups excluding carboxylic acids is 1. The summed E-state index contributed by atoms with van der Waals surface area (Å²) in [6.45, 7) is 2.26. The maximum Gasteiger partial charge on any atom is 0.228 e. The van der Waals surface area contributed by atoms with Gasteiger partial charge in [-0.15, -0.1) is 0 Å². The Balaban J connectivity index is 1.35. The molecule has 2 aromatic carbocycles. The number of likely N-dealkylation sites (tertiary alicyclic amines) is 1. The van der Waals surface area contributed by atoms with Gasteiger partial charge in [0.1, 0.15) is 0 Å². The van der Waals surface area contributed by atoms with Gasteiger partial charge in [0.05, 0.1) is 12.7 Å². The van der Waals surface area contributed by atoms with Crippen LogP contribution in [0.3, 0.4) is 0 Å². The fraction of sp³-hybridized carbons (Fsp3) is 0.360. The lowest BCUT2D eigenvalue weighted by molar-refractivity contribution is -0.133. The van der Waals surface area contributed by atoms with Crippen molar-refractivity contribution in [1.29, 1.82) is 0 Å². The number of benzene rings is 2. The Morgan fingerprint density at radius 1 is 0.967 bits per heavy atom. The summed E-state index contributed by atoms with van der Waals surface area (Å²) in [6.07, 6.45) is 6.45. The number of aromatic nitrogens is 2. The van der Waals surface area contributed by atoms with Gasteiger partial charge >= 0.3 is 0 Å². The van der Waals surface area contributed by atoms with E-state index < -0.39 is 0 Å². The number of aliphatic hydroxyl groups is 1. The number of aliphatic hydroxyl groups excluding tert-OH is 1. The SMILES string of the molecule is O=C(Cc1cncn1Cc1ccccc1)N1CCC(CO)(Cc2ccccc2)CC1. The number of hydrogen-bond donors (Lipinski definition) is 1. The zero-order valence-electron chi connectivity index (χ0n) is 17.3. The van der Waals surface area contributed by atoms with Crippen molar-refractivity contribution < 1.29 is 9.90 Å². The van der Waals surface area contributed by atoms with Gasteiger partial charge in [0, 0.05) is 43.5 Å². The molecule has 156 valence electrons. The van der Waals surface area contributed by atoms with Crippen LogP contribution in [0.5, 0.6) is 0 Å². The Morgan fingerprint density at radius 2 is 1.60 bits per heavy atom. The topological polar surface area (TPSA) is 58.4 Å². The minimum atomic E-state index is -0.132. The standard InChI is InChI=1S/C25H29N3O2/c29-19-25(16-21-7-3-1-4-8-21)11-13-27(14-12-25)24(30)15-23-17-26-20-28(23)18-22-9-5-2-6-10-22/h1-10,17,20,29H,11-16,18-19H2. The first-order valence-electron chi connectivity index (χ1n) is 10.6. The van der Waals surface area contributed by atoms with Gasteiger partial charge in [-0.25, -0.2) is 4.98 Å². The van der Waals surface area contributed by atoms with Crippen molar-refractivity contribution in [2.45, 2.75) is 32.2 Å². The maximum absolute atomic E-state index is 13.0. The second kappa shape index (κ2) is 9.26. The highest BCUT2D eigenvalue weighted by Crippen LogP contribution is 2.35. The summed E-state index contributed by atoms with van der Waals surface area (Å²) in [4.78, 5) is 19.2. The highest BCUT2D eigenvalue weighted by Gasteiger charge is 2.35. The van der Waals surface area contributed by atoms with E-state index in [-0.39, 0.29) is 17.9 Å². The van der Waals surface area contributed by atoms with Crippen LogP contribution >= 0.6 is 0 Å². The third-order valence-corrected chi connectivity index (χ3v) is 6.26. The minimum Gasteiger partial charge on any atom is -0.396 e. The molecule has 0 unspecified atom stereocenters. The average molecular weight is 404 g/mol. The van der Waals surface area contributed by atoms with Gasteiger partial charge in [0.25, 0.3) is 0 Å². The number of hydrogen-bond acceptors (Lipinski definition) is 3. The fourth-order valence-corrected chi connectivity index (χ4v) is 4.33. The van der Waals surface area contributed by atoms with E-state index in [0.717, 1.165) is 25.0 Å². The molecule has 5 nitrogen and oxygen atoms in total. The molecule has 0 spiro atoms. The lowest BCUT2D eigenvalue weighted by atomic mass is 9.74. The van der Waals surface area contributed by atoms with E-state index in [1.807, 2.05) is 45.9 Å². The van der Waals surface area contributed by atoms with E-state index in [1.54, 1.807) is 12.5 Å². The van der Waals surface area contributed by atoms with Gasteiger partial charge in [-0.2, -0.15) is 0 Å². The first kappa shape index (κ1) is 20.4. The predicted octanol–water partition coefficient (Wildman–Crippen LogP) is 3.32. The number of amides is 1. The van der Waals surface area contributed by atoms with Crippen LogP contribution in [-0.4, -0.2) is 45.2 Å². The van der Waals surface area contributed by atoms with Crippen LogP contribution in [-0.2, 0) is 24.2 Å². The highest BCUT2D eigenvalue weighted by molar-refractivity contribution is 5.78. The van der Waals surface area contributed by atoms with E-state index in [1.165, 1.54) is 11.1 Å². The molecule has 0 saturated carbocycles. The fourth-order valence-electron chi connectivity index (χ4n) is 4.33. The largest absolute Gasteiger partial charge is 0.396 e. The first-order valence-corrected chi connectivity index (χ1v) is 10.6. The first-order chi connectivity index (χ1) is 14.7.